The van der Waals surface area contributed by atoms with Gasteiger partial charge in [0.25, 0.3) is 5.91 Å². The van der Waals surface area contributed by atoms with E-state index >= 15 is 0 Å². The number of benzene rings is 1. The Hall–Kier alpha value is -2.14. The molecule has 1 N–H and O–H groups in total. The van der Waals surface area contributed by atoms with Crippen LogP contribution in [0.25, 0.3) is 5.57 Å². The molecule has 28 heavy (non-hydrogen) atoms. The van der Waals surface area contributed by atoms with Crippen LogP contribution in [0.5, 0.6) is 0 Å². The molecule has 1 saturated heterocycles. The molecular formula is C23H31N3O2. The maximum absolute atomic E-state index is 13.3. The lowest BCUT2D eigenvalue weighted by molar-refractivity contribution is -0.136. The number of amides is 3. The normalized spacial score (nSPS) is 30.5. The summed E-state index contributed by atoms with van der Waals surface area (Å²) in [4.78, 5) is 29.6. The van der Waals surface area contributed by atoms with Crippen molar-refractivity contribution in [1.29, 1.82) is 0 Å². The van der Waals surface area contributed by atoms with Gasteiger partial charge in [0, 0.05) is 13.1 Å². The minimum absolute atomic E-state index is 0.0324. The molecule has 5 nitrogen and oxygen atoms in total. The van der Waals surface area contributed by atoms with Crippen LogP contribution in [-0.4, -0.2) is 47.0 Å². The van der Waals surface area contributed by atoms with Gasteiger partial charge >= 0.3 is 6.03 Å². The molecule has 2 atom stereocenters. The van der Waals surface area contributed by atoms with Crippen LogP contribution >= 0.6 is 0 Å². The summed E-state index contributed by atoms with van der Waals surface area (Å²) in [6, 6.07) is 10.2. The van der Waals surface area contributed by atoms with Crippen molar-refractivity contribution in [1.82, 2.24) is 15.1 Å². The van der Waals surface area contributed by atoms with E-state index < -0.39 is 5.54 Å². The smallest absolute Gasteiger partial charge is 0.323 e. The summed E-state index contributed by atoms with van der Waals surface area (Å²) in [7, 11) is 0. The first kappa shape index (κ1) is 19.2. The van der Waals surface area contributed by atoms with E-state index in [1.807, 2.05) is 6.07 Å². The standard InChI is InChI=1S/C23H31N3O2/c1-17-13-22(2,3)15-23(14-17)20(27)26(21(28)24-23)16-25-11-9-19(10-12-25)18-7-5-4-6-8-18/h4-9,17H,10-16H2,1-3H3,(H,24,28). The van der Waals surface area contributed by atoms with Gasteiger partial charge in [-0.3, -0.25) is 9.69 Å². The summed E-state index contributed by atoms with van der Waals surface area (Å²) < 4.78 is 0. The first-order valence-electron chi connectivity index (χ1n) is 10.4. The fraction of sp³-hybridized carbons (Fsp3) is 0.565. The Morgan fingerprint density at radius 3 is 2.54 bits per heavy atom. The Balaban J connectivity index is 1.44. The zero-order chi connectivity index (χ0) is 19.9. The van der Waals surface area contributed by atoms with Gasteiger partial charge in [-0.05, 0) is 48.2 Å². The molecule has 1 aromatic carbocycles. The van der Waals surface area contributed by atoms with Gasteiger partial charge in [0.2, 0.25) is 0 Å². The van der Waals surface area contributed by atoms with Gasteiger partial charge in [-0.2, -0.15) is 0 Å². The average Bonchev–Trinajstić information content (AvgIpc) is 2.85. The summed E-state index contributed by atoms with van der Waals surface area (Å²) in [6.45, 7) is 8.58. The van der Waals surface area contributed by atoms with Crippen molar-refractivity contribution in [3.63, 3.8) is 0 Å². The summed E-state index contributed by atoms with van der Waals surface area (Å²) >= 11 is 0. The molecule has 1 aromatic rings. The lowest BCUT2D eigenvalue weighted by Gasteiger charge is -2.44. The highest BCUT2D eigenvalue weighted by Gasteiger charge is 2.56. The Kier molecular flexibility index (Phi) is 4.82. The topological polar surface area (TPSA) is 52.7 Å². The number of carbonyl (C=O) groups is 2. The molecule has 0 bridgehead atoms. The van der Waals surface area contributed by atoms with E-state index in [1.54, 1.807) is 0 Å². The number of imide groups is 1. The molecule has 2 fully saturated rings. The number of nitrogens with zero attached hydrogens (tertiary/aromatic N) is 2. The molecule has 1 saturated carbocycles. The lowest BCUT2D eigenvalue weighted by Crippen LogP contribution is -2.54. The van der Waals surface area contributed by atoms with Crippen molar-refractivity contribution >= 4 is 17.5 Å². The third-order valence-corrected chi connectivity index (χ3v) is 6.40. The van der Waals surface area contributed by atoms with Crippen LogP contribution in [0, 0.1) is 11.3 Å². The van der Waals surface area contributed by atoms with Crippen LogP contribution in [0.15, 0.2) is 36.4 Å². The molecular weight excluding hydrogens is 350 g/mol. The van der Waals surface area contributed by atoms with Crippen molar-refractivity contribution in [2.45, 2.75) is 52.0 Å². The van der Waals surface area contributed by atoms with E-state index in [4.69, 9.17) is 0 Å². The van der Waals surface area contributed by atoms with Crippen LogP contribution in [0.2, 0.25) is 0 Å². The van der Waals surface area contributed by atoms with Crippen LogP contribution in [0.3, 0.4) is 0 Å². The van der Waals surface area contributed by atoms with Gasteiger partial charge in [0.05, 0.1) is 6.67 Å². The lowest BCUT2D eigenvalue weighted by atomic mass is 9.64. The van der Waals surface area contributed by atoms with E-state index in [0.29, 0.717) is 12.6 Å². The van der Waals surface area contributed by atoms with Gasteiger partial charge < -0.3 is 5.32 Å². The minimum Gasteiger partial charge on any atom is -0.323 e. The highest BCUT2D eigenvalue weighted by molar-refractivity contribution is 6.07. The zero-order valence-corrected chi connectivity index (χ0v) is 17.2. The van der Waals surface area contributed by atoms with E-state index in [2.05, 4.69) is 61.3 Å². The average molecular weight is 382 g/mol. The van der Waals surface area contributed by atoms with Gasteiger partial charge in [0.1, 0.15) is 5.54 Å². The molecule has 0 radical (unpaired) electrons. The van der Waals surface area contributed by atoms with Crippen molar-refractivity contribution in [2.75, 3.05) is 19.8 Å². The van der Waals surface area contributed by atoms with Crippen molar-refractivity contribution < 1.29 is 9.59 Å². The van der Waals surface area contributed by atoms with E-state index in [9.17, 15) is 9.59 Å². The summed E-state index contributed by atoms with van der Waals surface area (Å²) in [5, 5.41) is 3.07. The van der Waals surface area contributed by atoms with Gasteiger partial charge in [-0.15, -0.1) is 0 Å². The fourth-order valence-corrected chi connectivity index (χ4v) is 5.59. The third-order valence-electron chi connectivity index (χ3n) is 6.40. The van der Waals surface area contributed by atoms with Crippen LogP contribution in [-0.2, 0) is 4.79 Å². The molecule has 2 heterocycles. The highest BCUT2D eigenvalue weighted by Crippen LogP contribution is 2.46. The molecule has 3 aliphatic rings. The zero-order valence-electron chi connectivity index (χ0n) is 17.2. The minimum atomic E-state index is -0.709. The summed E-state index contributed by atoms with van der Waals surface area (Å²) in [5.74, 6) is 0.397. The first-order chi connectivity index (χ1) is 13.3. The number of hydrogen-bond acceptors (Lipinski definition) is 3. The fourth-order valence-electron chi connectivity index (χ4n) is 5.59. The second-order valence-electron chi connectivity index (χ2n) is 9.66. The SMILES string of the molecule is CC1CC(C)(C)CC2(C1)NC(=O)N(CN1CC=C(c3ccccc3)CC1)C2=O. The van der Waals surface area contributed by atoms with Crippen molar-refractivity contribution in [3.05, 3.63) is 42.0 Å². The quantitative estimate of drug-likeness (QED) is 0.809. The van der Waals surface area contributed by atoms with Gasteiger partial charge in [-0.1, -0.05) is 57.2 Å². The summed E-state index contributed by atoms with van der Waals surface area (Å²) in [5.41, 5.74) is 1.96. The van der Waals surface area contributed by atoms with Crippen molar-refractivity contribution in [2.24, 2.45) is 11.3 Å². The van der Waals surface area contributed by atoms with E-state index in [-0.39, 0.29) is 17.4 Å². The molecule has 2 unspecified atom stereocenters. The molecule has 0 aromatic heterocycles. The first-order valence-corrected chi connectivity index (χ1v) is 10.4. The van der Waals surface area contributed by atoms with Crippen molar-refractivity contribution in [3.8, 4) is 0 Å². The molecule has 2 aliphatic heterocycles. The maximum atomic E-state index is 13.3. The second kappa shape index (κ2) is 7.03. The maximum Gasteiger partial charge on any atom is 0.326 e. The summed E-state index contributed by atoms with van der Waals surface area (Å²) in [6.07, 6.45) is 5.72. The Morgan fingerprint density at radius 1 is 1.14 bits per heavy atom. The van der Waals surface area contributed by atoms with E-state index in [1.165, 1.54) is 16.0 Å². The molecule has 1 aliphatic carbocycles. The number of rotatable bonds is 3. The second-order valence-corrected chi connectivity index (χ2v) is 9.66. The number of carbonyl (C=O) groups excluding carboxylic acids is 2. The van der Waals surface area contributed by atoms with Crippen LogP contribution in [0.4, 0.5) is 4.79 Å². The van der Waals surface area contributed by atoms with Gasteiger partial charge in [-0.25, -0.2) is 9.69 Å². The molecule has 5 heteroatoms. The largest absolute Gasteiger partial charge is 0.326 e. The molecule has 150 valence electrons. The third kappa shape index (κ3) is 3.60. The van der Waals surface area contributed by atoms with Gasteiger partial charge in [0.15, 0.2) is 0 Å². The van der Waals surface area contributed by atoms with Crippen LogP contribution < -0.4 is 5.32 Å². The predicted octanol–water partition coefficient (Wildman–Crippen LogP) is 3.87. The Morgan fingerprint density at radius 2 is 1.89 bits per heavy atom. The van der Waals surface area contributed by atoms with Crippen LogP contribution in [0.1, 0.15) is 52.0 Å². The van der Waals surface area contributed by atoms with E-state index in [0.717, 1.165) is 38.8 Å². The molecule has 4 rings (SSSR count). The molecule has 1 spiro atoms. The number of nitrogens with one attached hydrogen (secondary N) is 1. The monoisotopic (exact) mass is 381 g/mol. The number of urea groups is 1. The predicted molar refractivity (Wildman–Crippen MR) is 110 cm³/mol. The molecule has 3 amide bonds. The number of hydrogen-bond donors (Lipinski definition) is 1. The Bertz CT molecular complexity index is 801. The Labute approximate surface area is 167 Å². The highest BCUT2D eigenvalue weighted by atomic mass is 16.2.